The molecule has 0 aliphatic heterocycles. The zero-order valence-corrected chi connectivity index (χ0v) is 14.8. The van der Waals surface area contributed by atoms with E-state index in [2.05, 4.69) is 15.5 Å². The van der Waals surface area contributed by atoms with E-state index in [4.69, 9.17) is 0 Å². The molecule has 26 heavy (non-hydrogen) atoms. The number of hydrogen-bond acceptors (Lipinski definition) is 3. The van der Waals surface area contributed by atoms with Gasteiger partial charge < -0.3 is 5.32 Å². The molecular weight excluding hydrogens is 347 g/mol. The number of amides is 1. The number of alkyl halides is 3. The number of carbonyl (C=O) groups is 1. The van der Waals surface area contributed by atoms with Crippen LogP contribution in [0, 0.1) is 6.92 Å². The van der Waals surface area contributed by atoms with Crippen LogP contribution in [0.25, 0.3) is 0 Å². The van der Waals surface area contributed by atoms with Crippen LogP contribution < -0.4 is 5.32 Å². The van der Waals surface area contributed by atoms with Crippen LogP contribution in [-0.4, -0.2) is 32.0 Å². The van der Waals surface area contributed by atoms with Crippen LogP contribution in [-0.2, 0) is 19.3 Å². The summed E-state index contributed by atoms with van der Waals surface area (Å²) < 4.78 is 41.8. The average molecular weight is 369 g/mol. The molecule has 1 aliphatic rings. The predicted octanol–water partition coefficient (Wildman–Crippen LogP) is 3.12. The third-order valence-corrected chi connectivity index (χ3v) is 4.58. The zero-order chi connectivity index (χ0) is 18.9. The Hall–Kier alpha value is -2.32. The minimum Gasteiger partial charge on any atom is -0.352 e. The molecule has 0 aromatic carbocycles. The molecule has 3 rings (SSSR count). The number of carbonyl (C=O) groups excluding carboxylic acids is 1. The highest BCUT2D eigenvalue weighted by Gasteiger charge is 2.37. The first-order valence-electron chi connectivity index (χ1n) is 8.76. The van der Waals surface area contributed by atoms with Crippen molar-refractivity contribution in [1.29, 1.82) is 0 Å². The molecule has 2 aromatic heterocycles. The Kier molecular flexibility index (Phi) is 5.06. The monoisotopic (exact) mass is 369 g/mol. The summed E-state index contributed by atoms with van der Waals surface area (Å²) in [6.45, 7) is 5.16. The Morgan fingerprint density at radius 2 is 2.08 bits per heavy atom. The van der Waals surface area contributed by atoms with Gasteiger partial charge in [-0.15, -0.1) is 0 Å². The summed E-state index contributed by atoms with van der Waals surface area (Å²) in [6, 6.07) is 1.15. The van der Waals surface area contributed by atoms with Gasteiger partial charge in [0.1, 0.15) is 0 Å². The first-order chi connectivity index (χ1) is 12.3. The molecule has 9 heteroatoms. The van der Waals surface area contributed by atoms with Crippen LogP contribution in [0.4, 0.5) is 13.2 Å². The van der Waals surface area contributed by atoms with Gasteiger partial charge in [-0.2, -0.15) is 23.4 Å². The zero-order valence-electron chi connectivity index (χ0n) is 14.8. The van der Waals surface area contributed by atoms with E-state index in [9.17, 15) is 18.0 Å². The van der Waals surface area contributed by atoms with Gasteiger partial charge in [-0.25, -0.2) is 0 Å². The third-order valence-electron chi connectivity index (χ3n) is 4.58. The minimum absolute atomic E-state index is 0.177. The molecule has 0 saturated heterocycles. The van der Waals surface area contributed by atoms with Crippen molar-refractivity contribution in [1.82, 2.24) is 24.9 Å². The average Bonchev–Trinajstić information content (AvgIpc) is 3.21. The maximum atomic E-state index is 12.9. The van der Waals surface area contributed by atoms with Gasteiger partial charge in [-0.3, -0.25) is 14.2 Å². The Balaban J connectivity index is 1.56. The Morgan fingerprint density at radius 1 is 1.35 bits per heavy atom. The number of aryl methyl sites for hydroxylation is 2. The summed E-state index contributed by atoms with van der Waals surface area (Å²) in [5, 5.41) is 10.6. The Bertz CT molecular complexity index is 789. The van der Waals surface area contributed by atoms with Gasteiger partial charge in [0.25, 0.3) is 5.91 Å². The van der Waals surface area contributed by atoms with Crippen LogP contribution in [0.2, 0.25) is 0 Å². The normalized spacial score (nSPS) is 14.7. The first-order valence-corrected chi connectivity index (χ1v) is 8.76. The Morgan fingerprint density at radius 3 is 2.65 bits per heavy atom. The third kappa shape index (κ3) is 3.91. The van der Waals surface area contributed by atoms with Crippen molar-refractivity contribution >= 4 is 5.91 Å². The lowest BCUT2D eigenvalue weighted by Crippen LogP contribution is -2.26. The van der Waals surface area contributed by atoms with Crippen LogP contribution in [0.15, 0.2) is 12.3 Å². The summed E-state index contributed by atoms with van der Waals surface area (Å²) in [5.74, 6) is -0.0446. The smallest absolute Gasteiger partial charge is 0.352 e. The van der Waals surface area contributed by atoms with E-state index in [1.54, 1.807) is 4.68 Å². The van der Waals surface area contributed by atoms with Crippen LogP contribution in [0.5, 0.6) is 0 Å². The topological polar surface area (TPSA) is 64.7 Å². The number of nitrogens with one attached hydrogen (secondary N) is 1. The second kappa shape index (κ2) is 7.13. The van der Waals surface area contributed by atoms with E-state index in [0.717, 1.165) is 24.6 Å². The highest BCUT2D eigenvalue weighted by molar-refractivity contribution is 5.94. The molecule has 2 heterocycles. The van der Waals surface area contributed by atoms with E-state index in [0.29, 0.717) is 37.3 Å². The van der Waals surface area contributed by atoms with Crippen molar-refractivity contribution in [2.45, 2.75) is 58.3 Å². The van der Waals surface area contributed by atoms with E-state index in [-0.39, 0.29) is 11.8 Å². The quantitative estimate of drug-likeness (QED) is 0.763. The second-order valence-corrected chi connectivity index (χ2v) is 6.52. The minimum atomic E-state index is -4.43. The first kappa shape index (κ1) is 18.5. The van der Waals surface area contributed by atoms with E-state index in [1.807, 2.05) is 13.8 Å². The molecule has 0 atom stereocenters. The van der Waals surface area contributed by atoms with Crippen molar-refractivity contribution in [2.75, 3.05) is 6.54 Å². The molecule has 0 bridgehead atoms. The predicted molar refractivity (Wildman–Crippen MR) is 88.8 cm³/mol. The lowest BCUT2D eigenvalue weighted by Gasteiger charge is -2.08. The van der Waals surface area contributed by atoms with Crippen molar-refractivity contribution < 1.29 is 18.0 Å². The fourth-order valence-corrected chi connectivity index (χ4v) is 2.97. The van der Waals surface area contributed by atoms with Crippen molar-refractivity contribution in [3.63, 3.8) is 0 Å². The van der Waals surface area contributed by atoms with Gasteiger partial charge in [0.2, 0.25) is 0 Å². The number of hydrogen-bond donors (Lipinski definition) is 1. The second-order valence-electron chi connectivity index (χ2n) is 6.52. The molecular formula is C17H22F3N5O. The van der Waals surface area contributed by atoms with Crippen LogP contribution in [0.3, 0.4) is 0 Å². The molecule has 1 saturated carbocycles. The van der Waals surface area contributed by atoms with Crippen molar-refractivity contribution in [3.05, 3.63) is 34.9 Å². The molecule has 0 radical (unpaired) electrons. The molecule has 1 N–H and O–H groups in total. The van der Waals surface area contributed by atoms with Gasteiger partial charge in [0, 0.05) is 36.9 Å². The maximum absolute atomic E-state index is 12.9. The summed E-state index contributed by atoms with van der Waals surface area (Å²) >= 11 is 0. The molecule has 1 fully saturated rings. The number of rotatable bonds is 7. The van der Waals surface area contributed by atoms with Crippen LogP contribution in [0.1, 0.15) is 59.5 Å². The van der Waals surface area contributed by atoms with Crippen molar-refractivity contribution in [2.24, 2.45) is 0 Å². The lowest BCUT2D eigenvalue weighted by atomic mass is 10.2. The fraction of sp³-hybridized carbons (Fsp3) is 0.588. The maximum Gasteiger partial charge on any atom is 0.435 e. The number of halogens is 3. The van der Waals surface area contributed by atoms with Gasteiger partial charge in [0.15, 0.2) is 5.69 Å². The SMILES string of the molecule is CCn1ncc(C(=O)NCCCn2nc(C(F)(F)F)cc2C2CC2)c1C. The molecule has 2 aromatic rings. The van der Waals surface area contributed by atoms with Gasteiger partial charge in [0.05, 0.1) is 11.8 Å². The summed E-state index contributed by atoms with van der Waals surface area (Å²) in [4.78, 5) is 12.2. The van der Waals surface area contributed by atoms with E-state index in [1.165, 1.54) is 10.9 Å². The molecule has 1 amide bonds. The van der Waals surface area contributed by atoms with Crippen molar-refractivity contribution in [3.8, 4) is 0 Å². The summed E-state index contributed by atoms with van der Waals surface area (Å²) in [6.07, 6.45) is -0.589. The Labute approximate surface area is 149 Å². The van der Waals surface area contributed by atoms with Crippen LogP contribution >= 0.6 is 0 Å². The molecule has 1 aliphatic carbocycles. The molecule has 142 valence electrons. The van der Waals surface area contributed by atoms with Gasteiger partial charge >= 0.3 is 6.18 Å². The lowest BCUT2D eigenvalue weighted by molar-refractivity contribution is -0.141. The largest absolute Gasteiger partial charge is 0.435 e. The van der Waals surface area contributed by atoms with E-state index >= 15 is 0 Å². The molecule has 0 unspecified atom stereocenters. The molecule has 0 spiro atoms. The standard InChI is InChI=1S/C17H22F3N5O/c1-3-24-11(2)13(10-22-24)16(26)21-7-4-8-25-14(12-5-6-12)9-15(23-25)17(18,19)20/h9-10,12H,3-8H2,1-2H3,(H,21,26). The fourth-order valence-electron chi connectivity index (χ4n) is 2.97. The highest BCUT2D eigenvalue weighted by Crippen LogP contribution is 2.42. The highest BCUT2D eigenvalue weighted by atomic mass is 19.4. The number of nitrogens with zero attached hydrogens (tertiary/aromatic N) is 4. The van der Waals surface area contributed by atoms with E-state index < -0.39 is 11.9 Å². The van der Waals surface area contributed by atoms with Gasteiger partial charge in [-0.05, 0) is 39.2 Å². The summed E-state index contributed by atoms with van der Waals surface area (Å²) in [5.41, 5.74) is 1.11. The number of aromatic nitrogens is 4. The molecule has 6 nitrogen and oxygen atoms in total. The van der Waals surface area contributed by atoms with Gasteiger partial charge in [-0.1, -0.05) is 0 Å². The summed E-state index contributed by atoms with van der Waals surface area (Å²) in [7, 11) is 0.